The average Bonchev–Trinajstić information content (AvgIpc) is 2.32. The highest BCUT2D eigenvalue weighted by molar-refractivity contribution is 14.1. The molecule has 1 saturated carbocycles. The minimum Gasteiger partial charge on any atom is -0.451 e. The predicted molar refractivity (Wildman–Crippen MR) is 76.2 cm³/mol. The molecule has 5 heteroatoms. The molecule has 1 fully saturated rings. The van der Waals surface area contributed by atoms with Gasteiger partial charge >= 0.3 is 0 Å². The number of aliphatic hydroxyl groups is 1. The number of hydrogen-bond acceptors (Lipinski definition) is 3. The maximum atomic E-state index is 12.7. The van der Waals surface area contributed by atoms with Gasteiger partial charge in [-0.2, -0.15) is 0 Å². The minimum atomic E-state index is -1.04. The molecule has 0 aromatic heterocycles. The highest BCUT2D eigenvalue weighted by Gasteiger charge is 2.22. The van der Waals surface area contributed by atoms with Crippen LogP contribution in [0.25, 0.3) is 0 Å². The van der Waals surface area contributed by atoms with Crippen LogP contribution < -0.4 is 10.1 Å². The van der Waals surface area contributed by atoms with Gasteiger partial charge in [0.15, 0.2) is 0 Å². The summed E-state index contributed by atoms with van der Waals surface area (Å²) < 4.78 is 18.6. The molecule has 0 radical (unpaired) electrons. The Morgan fingerprint density at radius 1 is 1.33 bits per heavy atom. The van der Waals surface area contributed by atoms with E-state index in [1.807, 2.05) is 0 Å². The Bertz CT molecular complexity index is 374. The van der Waals surface area contributed by atoms with Crippen molar-refractivity contribution < 1.29 is 14.2 Å². The Kier molecular flexibility index (Phi) is 5.20. The third-order valence-electron chi connectivity index (χ3n) is 3.05. The van der Waals surface area contributed by atoms with Crippen molar-refractivity contribution in [1.82, 2.24) is 5.32 Å². The first-order valence-corrected chi connectivity index (χ1v) is 7.38. The van der Waals surface area contributed by atoms with Crippen LogP contribution in [-0.2, 0) is 0 Å². The van der Waals surface area contributed by atoms with Crippen molar-refractivity contribution in [2.45, 2.75) is 42.1 Å². The van der Waals surface area contributed by atoms with Crippen molar-refractivity contribution >= 4 is 22.6 Å². The van der Waals surface area contributed by atoms with E-state index in [0.29, 0.717) is 9.67 Å². The lowest BCUT2D eigenvalue weighted by Gasteiger charge is -2.28. The summed E-state index contributed by atoms with van der Waals surface area (Å²) >= 11 is 2.44. The molecule has 3 nitrogen and oxygen atoms in total. The highest BCUT2D eigenvalue weighted by Crippen LogP contribution is 2.25. The highest BCUT2D eigenvalue weighted by atomic mass is 127. The van der Waals surface area contributed by atoms with Crippen LogP contribution in [0.5, 0.6) is 5.75 Å². The molecule has 1 aromatic rings. The SMILES string of the molecule is OC(NC1CCC[C@@H](I)C1)Oc1ccc(F)cc1. The molecule has 2 N–H and O–H groups in total. The molecule has 2 unspecified atom stereocenters. The summed E-state index contributed by atoms with van der Waals surface area (Å²) in [6, 6.07) is 5.91. The van der Waals surface area contributed by atoms with Crippen LogP contribution in [-0.4, -0.2) is 21.5 Å². The number of nitrogens with one attached hydrogen (secondary N) is 1. The summed E-state index contributed by atoms with van der Waals surface area (Å²) in [5.41, 5.74) is 0. The molecule has 3 atom stereocenters. The summed E-state index contributed by atoms with van der Waals surface area (Å²) in [6.07, 6.45) is 3.48. The van der Waals surface area contributed by atoms with Gasteiger partial charge in [-0.05, 0) is 43.5 Å². The van der Waals surface area contributed by atoms with E-state index in [-0.39, 0.29) is 11.9 Å². The Hall–Kier alpha value is -0.400. The first kappa shape index (κ1) is 14.0. The lowest BCUT2D eigenvalue weighted by Crippen LogP contribution is -2.44. The number of benzene rings is 1. The van der Waals surface area contributed by atoms with Crippen LogP contribution in [0.1, 0.15) is 25.7 Å². The third-order valence-corrected chi connectivity index (χ3v) is 4.18. The smallest absolute Gasteiger partial charge is 0.257 e. The second-order valence-electron chi connectivity index (χ2n) is 4.55. The number of rotatable bonds is 4. The van der Waals surface area contributed by atoms with Gasteiger partial charge in [0, 0.05) is 9.97 Å². The monoisotopic (exact) mass is 365 g/mol. The third kappa shape index (κ3) is 4.37. The summed E-state index contributed by atoms with van der Waals surface area (Å²) in [4.78, 5) is 0. The molecule has 0 saturated heterocycles. The van der Waals surface area contributed by atoms with Crippen LogP contribution in [0.15, 0.2) is 24.3 Å². The van der Waals surface area contributed by atoms with Gasteiger partial charge in [-0.25, -0.2) is 4.39 Å². The van der Waals surface area contributed by atoms with Gasteiger partial charge in [-0.1, -0.05) is 29.0 Å². The first-order chi connectivity index (χ1) is 8.63. The van der Waals surface area contributed by atoms with E-state index in [4.69, 9.17) is 4.74 Å². The Labute approximate surface area is 120 Å². The Morgan fingerprint density at radius 3 is 2.72 bits per heavy atom. The molecule has 0 amide bonds. The average molecular weight is 365 g/mol. The van der Waals surface area contributed by atoms with Crippen molar-refractivity contribution in [1.29, 1.82) is 0 Å². The Balaban J connectivity index is 1.81. The van der Waals surface area contributed by atoms with Crippen LogP contribution in [0, 0.1) is 5.82 Å². The van der Waals surface area contributed by atoms with Crippen LogP contribution in [0.4, 0.5) is 4.39 Å². The molecule has 1 aromatic carbocycles. The van der Waals surface area contributed by atoms with Crippen LogP contribution in [0.2, 0.25) is 0 Å². The first-order valence-electron chi connectivity index (χ1n) is 6.14. The van der Waals surface area contributed by atoms with Gasteiger partial charge in [-0.3, -0.25) is 5.32 Å². The lowest BCUT2D eigenvalue weighted by atomic mass is 9.96. The van der Waals surface area contributed by atoms with E-state index < -0.39 is 6.41 Å². The predicted octanol–water partition coefficient (Wildman–Crippen LogP) is 2.82. The van der Waals surface area contributed by atoms with E-state index in [1.54, 1.807) is 0 Å². The van der Waals surface area contributed by atoms with E-state index >= 15 is 0 Å². The fourth-order valence-electron chi connectivity index (χ4n) is 2.16. The molecule has 0 heterocycles. The standard InChI is InChI=1S/C13H17FINO2/c14-9-4-6-12(7-5-9)18-13(17)16-11-3-1-2-10(15)8-11/h4-7,10-11,13,16-17H,1-3,8H2/t10-,11?,13?/m1/s1. The fourth-order valence-corrected chi connectivity index (χ4v) is 3.21. The van der Waals surface area contributed by atoms with E-state index in [1.165, 1.54) is 37.1 Å². The van der Waals surface area contributed by atoms with Crippen molar-refractivity contribution in [3.05, 3.63) is 30.1 Å². The fraction of sp³-hybridized carbons (Fsp3) is 0.538. The molecule has 0 aliphatic heterocycles. The number of alkyl halides is 1. The van der Waals surface area contributed by atoms with Crippen molar-refractivity contribution in [2.75, 3.05) is 0 Å². The zero-order chi connectivity index (χ0) is 13.0. The second kappa shape index (κ2) is 6.68. The topological polar surface area (TPSA) is 41.5 Å². The minimum absolute atomic E-state index is 0.288. The van der Waals surface area contributed by atoms with Gasteiger partial charge in [0.1, 0.15) is 11.6 Å². The number of ether oxygens (including phenoxy) is 1. The van der Waals surface area contributed by atoms with Crippen molar-refractivity contribution in [3.63, 3.8) is 0 Å². The van der Waals surface area contributed by atoms with Crippen LogP contribution in [0.3, 0.4) is 0 Å². The molecular formula is C13H17FINO2. The number of hydrogen-bond donors (Lipinski definition) is 2. The molecular weight excluding hydrogens is 348 g/mol. The van der Waals surface area contributed by atoms with E-state index in [2.05, 4.69) is 27.9 Å². The van der Waals surface area contributed by atoms with Gasteiger partial charge in [0.05, 0.1) is 0 Å². The van der Waals surface area contributed by atoms with Crippen molar-refractivity contribution in [3.8, 4) is 5.75 Å². The van der Waals surface area contributed by atoms with Gasteiger partial charge in [0.25, 0.3) is 6.41 Å². The summed E-state index contributed by atoms with van der Waals surface area (Å²) in [5, 5.41) is 12.8. The summed E-state index contributed by atoms with van der Waals surface area (Å²) in [7, 11) is 0. The zero-order valence-corrected chi connectivity index (χ0v) is 12.1. The molecule has 0 spiro atoms. The Morgan fingerprint density at radius 2 is 2.06 bits per heavy atom. The number of halogens is 2. The molecule has 18 heavy (non-hydrogen) atoms. The van der Waals surface area contributed by atoms with Gasteiger partial charge in [0.2, 0.25) is 0 Å². The lowest BCUT2D eigenvalue weighted by molar-refractivity contribution is -0.0544. The molecule has 2 rings (SSSR count). The molecule has 100 valence electrons. The molecule has 0 bridgehead atoms. The van der Waals surface area contributed by atoms with E-state index in [9.17, 15) is 9.50 Å². The largest absolute Gasteiger partial charge is 0.451 e. The van der Waals surface area contributed by atoms with Crippen molar-refractivity contribution in [2.24, 2.45) is 0 Å². The second-order valence-corrected chi connectivity index (χ2v) is 6.31. The zero-order valence-electron chi connectivity index (χ0n) is 9.98. The summed E-state index contributed by atoms with van der Waals surface area (Å²) in [5.74, 6) is 0.142. The van der Waals surface area contributed by atoms with Gasteiger partial charge < -0.3 is 9.84 Å². The van der Waals surface area contributed by atoms with Gasteiger partial charge in [-0.15, -0.1) is 0 Å². The molecule has 1 aliphatic carbocycles. The number of aliphatic hydroxyl groups excluding tert-OH is 1. The summed E-state index contributed by atoms with van der Waals surface area (Å²) in [6.45, 7) is 0. The molecule has 1 aliphatic rings. The van der Waals surface area contributed by atoms with E-state index in [0.717, 1.165) is 12.8 Å². The maximum absolute atomic E-state index is 12.7. The quantitative estimate of drug-likeness (QED) is 0.490. The van der Waals surface area contributed by atoms with Crippen LogP contribution >= 0.6 is 22.6 Å². The normalized spacial score (nSPS) is 25.7. The maximum Gasteiger partial charge on any atom is 0.257 e.